The second kappa shape index (κ2) is 6.82. The number of hydrogen-bond acceptors (Lipinski definition) is 3. The summed E-state index contributed by atoms with van der Waals surface area (Å²) in [6.45, 7) is 4.84. The van der Waals surface area contributed by atoms with Gasteiger partial charge in [-0.15, -0.1) is 12.4 Å². The maximum atomic E-state index is 11.3. The molecule has 0 radical (unpaired) electrons. The highest BCUT2D eigenvalue weighted by atomic mass is 35.5. The molecule has 1 rings (SSSR count). The van der Waals surface area contributed by atoms with Gasteiger partial charge in [-0.25, -0.2) is 0 Å². The SMILES string of the molecule is C/C=C(/C)C(=O)NC[C@@H]1C[C@@H](O)CN1.Cl. The van der Waals surface area contributed by atoms with Gasteiger partial charge in [-0.05, 0) is 20.3 Å². The fraction of sp³-hybridized carbons (Fsp3) is 0.700. The topological polar surface area (TPSA) is 61.4 Å². The molecule has 1 amide bonds. The maximum Gasteiger partial charge on any atom is 0.246 e. The number of aliphatic hydroxyl groups excluding tert-OH is 1. The lowest BCUT2D eigenvalue weighted by atomic mass is 10.2. The molecule has 1 fully saturated rings. The third kappa shape index (κ3) is 4.64. The lowest BCUT2D eigenvalue weighted by Gasteiger charge is -2.11. The number of aliphatic hydroxyl groups is 1. The van der Waals surface area contributed by atoms with Crippen LogP contribution in [0.25, 0.3) is 0 Å². The fourth-order valence-electron chi connectivity index (χ4n) is 1.44. The van der Waals surface area contributed by atoms with Gasteiger partial charge < -0.3 is 15.7 Å². The Balaban J connectivity index is 0.00000196. The minimum absolute atomic E-state index is 0. The summed E-state index contributed by atoms with van der Waals surface area (Å²) < 4.78 is 0. The molecule has 0 aromatic carbocycles. The predicted molar refractivity (Wildman–Crippen MR) is 62.1 cm³/mol. The minimum Gasteiger partial charge on any atom is -0.392 e. The molecule has 3 N–H and O–H groups in total. The van der Waals surface area contributed by atoms with Gasteiger partial charge in [-0.3, -0.25) is 4.79 Å². The van der Waals surface area contributed by atoms with E-state index in [9.17, 15) is 9.90 Å². The van der Waals surface area contributed by atoms with Gasteiger partial charge in [-0.2, -0.15) is 0 Å². The number of β-amino-alcohol motifs (C(OH)–C–C–N with tert-alkyl or cyclic N) is 1. The molecule has 2 atom stereocenters. The molecule has 1 aliphatic heterocycles. The van der Waals surface area contributed by atoms with Crippen molar-refractivity contribution in [1.82, 2.24) is 10.6 Å². The van der Waals surface area contributed by atoms with Crippen molar-refractivity contribution in [2.75, 3.05) is 13.1 Å². The van der Waals surface area contributed by atoms with E-state index in [1.807, 2.05) is 6.92 Å². The molecule has 0 unspecified atom stereocenters. The molecule has 4 nitrogen and oxygen atoms in total. The summed E-state index contributed by atoms with van der Waals surface area (Å²) in [6, 6.07) is 0.207. The highest BCUT2D eigenvalue weighted by Crippen LogP contribution is 2.05. The molecule has 0 spiro atoms. The highest BCUT2D eigenvalue weighted by molar-refractivity contribution is 5.92. The Morgan fingerprint density at radius 1 is 1.67 bits per heavy atom. The number of carbonyl (C=O) groups is 1. The number of carbonyl (C=O) groups excluding carboxylic acids is 1. The third-order valence-electron chi connectivity index (χ3n) is 2.50. The Hall–Kier alpha value is -0.580. The highest BCUT2D eigenvalue weighted by Gasteiger charge is 2.21. The van der Waals surface area contributed by atoms with Crippen LogP contribution >= 0.6 is 12.4 Å². The van der Waals surface area contributed by atoms with E-state index in [1.165, 1.54) is 0 Å². The number of nitrogens with one attached hydrogen (secondary N) is 2. The van der Waals surface area contributed by atoms with E-state index in [4.69, 9.17) is 0 Å². The van der Waals surface area contributed by atoms with Crippen LogP contribution < -0.4 is 10.6 Å². The van der Waals surface area contributed by atoms with E-state index < -0.39 is 0 Å². The lowest BCUT2D eigenvalue weighted by Crippen LogP contribution is -2.37. The zero-order chi connectivity index (χ0) is 10.6. The van der Waals surface area contributed by atoms with Crippen molar-refractivity contribution in [2.45, 2.75) is 32.4 Å². The van der Waals surface area contributed by atoms with Gasteiger partial charge in [0.2, 0.25) is 5.91 Å². The summed E-state index contributed by atoms with van der Waals surface area (Å²) in [7, 11) is 0. The van der Waals surface area contributed by atoms with Crippen LogP contribution in [0.4, 0.5) is 0 Å². The first-order valence-corrected chi connectivity index (χ1v) is 4.96. The second-order valence-electron chi connectivity index (χ2n) is 3.68. The van der Waals surface area contributed by atoms with Gasteiger partial charge in [0.05, 0.1) is 6.10 Å². The molecular formula is C10H19ClN2O2. The fourth-order valence-corrected chi connectivity index (χ4v) is 1.44. The van der Waals surface area contributed by atoms with Crippen molar-refractivity contribution < 1.29 is 9.90 Å². The summed E-state index contributed by atoms with van der Waals surface area (Å²) in [6.07, 6.45) is 2.24. The van der Waals surface area contributed by atoms with E-state index in [2.05, 4.69) is 10.6 Å². The summed E-state index contributed by atoms with van der Waals surface area (Å²) in [4.78, 5) is 11.3. The van der Waals surface area contributed by atoms with Crippen molar-refractivity contribution in [3.63, 3.8) is 0 Å². The standard InChI is InChI=1S/C10H18N2O2.ClH/c1-3-7(2)10(14)12-5-8-4-9(13)6-11-8;/h3,8-9,11,13H,4-6H2,1-2H3,(H,12,14);1H/b7-3-;/t8-,9+;/m0./s1. The molecule has 88 valence electrons. The Bertz CT molecular complexity index is 244. The molecular weight excluding hydrogens is 216 g/mol. The molecule has 0 aromatic heterocycles. The van der Waals surface area contributed by atoms with Gasteiger partial charge in [0.1, 0.15) is 0 Å². The largest absolute Gasteiger partial charge is 0.392 e. The first-order valence-electron chi connectivity index (χ1n) is 4.96. The van der Waals surface area contributed by atoms with Crippen LogP contribution in [0.15, 0.2) is 11.6 Å². The molecule has 15 heavy (non-hydrogen) atoms. The predicted octanol–water partition coefficient (Wildman–Crippen LogP) is 0.213. The molecule has 5 heteroatoms. The van der Waals surface area contributed by atoms with Crippen LogP contribution in [0.3, 0.4) is 0 Å². The number of allylic oxidation sites excluding steroid dienone is 1. The van der Waals surface area contributed by atoms with Gasteiger partial charge in [0, 0.05) is 24.7 Å². The van der Waals surface area contributed by atoms with E-state index in [1.54, 1.807) is 13.0 Å². The smallest absolute Gasteiger partial charge is 0.246 e. The van der Waals surface area contributed by atoms with Crippen molar-refractivity contribution >= 4 is 18.3 Å². The summed E-state index contributed by atoms with van der Waals surface area (Å²) in [5.74, 6) is -0.0318. The Morgan fingerprint density at radius 3 is 2.80 bits per heavy atom. The number of hydrogen-bond donors (Lipinski definition) is 3. The molecule has 0 aromatic rings. The van der Waals surface area contributed by atoms with Crippen LogP contribution in [0.1, 0.15) is 20.3 Å². The average molecular weight is 235 g/mol. The number of amides is 1. The molecule has 1 saturated heterocycles. The average Bonchev–Trinajstić information content (AvgIpc) is 2.59. The van der Waals surface area contributed by atoms with E-state index in [0.29, 0.717) is 13.1 Å². The van der Waals surface area contributed by atoms with Crippen LogP contribution in [0, 0.1) is 0 Å². The van der Waals surface area contributed by atoms with Crippen molar-refractivity contribution in [3.8, 4) is 0 Å². The lowest BCUT2D eigenvalue weighted by molar-refractivity contribution is -0.117. The van der Waals surface area contributed by atoms with Gasteiger partial charge >= 0.3 is 0 Å². The quantitative estimate of drug-likeness (QED) is 0.612. The monoisotopic (exact) mass is 234 g/mol. The van der Waals surface area contributed by atoms with E-state index >= 15 is 0 Å². The molecule has 1 aliphatic rings. The van der Waals surface area contributed by atoms with Crippen LogP contribution in [-0.4, -0.2) is 36.2 Å². The Morgan fingerprint density at radius 2 is 2.33 bits per heavy atom. The minimum atomic E-state index is -0.264. The first-order chi connectivity index (χ1) is 6.63. The molecule has 0 bridgehead atoms. The van der Waals surface area contributed by atoms with Crippen molar-refractivity contribution in [3.05, 3.63) is 11.6 Å². The molecule has 0 saturated carbocycles. The van der Waals surface area contributed by atoms with Crippen molar-refractivity contribution in [2.24, 2.45) is 0 Å². The normalized spacial score (nSPS) is 25.9. The van der Waals surface area contributed by atoms with Crippen molar-refractivity contribution in [1.29, 1.82) is 0 Å². The third-order valence-corrected chi connectivity index (χ3v) is 2.50. The van der Waals surface area contributed by atoms with E-state index in [-0.39, 0.29) is 30.5 Å². The Labute approximate surface area is 96.5 Å². The number of halogens is 1. The van der Waals surface area contributed by atoms with Gasteiger partial charge in [0.25, 0.3) is 0 Å². The number of rotatable bonds is 3. The van der Waals surface area contributed by atoms with Crippen LogP contribution in [0.2, 0.25) is 0 Å². The summed E-state index contributed by atoms with van der Waals surface area (Å²) in [5.41, 5.74) is 0.726. The van der Waals surface area contributed by atoms with Gasteiger partial charge in [-0.1, -0.05) is 6.08 Å². The van der Waals surface area contributed by atoms with Crippen LogP contribution in [0.5, 0.6) is 0 Å². The summed E-state index contributed by atoms with van der Waals surface area (Å²) in [5, 5.41) is 15.2. The first kappa shape index (κ1) is 14.4. The molecule has 0 aliphatic carbocycles. The zero-order valence-corrected chi connectivity index (χ0v) is 9.93. The zero-order valence-electron chi connectivity index (χ0n) is 9.12. The Kier molecular flexibility index (Phi) is 6.56. The summed E-state index contributed by atoms with van der Waals surface area (Å²) >= 11 is 0. The second-order valence-corrected chi connectivity index (χ2v) is 3.68. The van der Waals surface area contributed by atoms with Crippen LogP contribution in [-0.2, 0) is 4.79 Å². The van der Waals surface area contributed by atoms with Gasteiger partial charge in [0.15, 0.2) is 0 Å². The van der Waals surface area contributed by atoms with E-state index in [0.717, 1.165) is 12.0 Å². The maximum absolute atomic E-state index is 11.3. The molecule has 1 heterocycles.